The molecule has 158 valence electrons. The van der Waals surface area contributed by atoms with Crippen molar-refractivity contribution in [2.24, 2.45) is 5.92 Å². The van der Waals surface area contributed by atoms with E-state index in [1.807, 2.05) is 12.1 Å². The van der Waals surface area contributed by atoms with E-state index in [4.69, 9.17) is 0 Å². The van der Waals surface area contributed by atoms with Gasteiger partial charge in [0.15, 0.2) is 0 Å². The molecule has 0 radical (unpaired) electrons. The van der Waals surface area contributed by atoms with E-state index in [1.54, 1.807) is 12.1 Å². The van der Waals surface area contributed by atoms with Gasteiger partial charge in [-0.05, 0) is 61.3 Å². The predicted octanol–water partition coefficient (Wildman–Crippen LogP) is 5.80. The molecule has 3 heteroatoms. The van der Waals surface area contributed by atoms with Crippen molar-refractivity contribution in [3.05, 3.63) is 120 Å². The van der Waals surface area contributed by atoms with Gasteiger partial charge >= 0.3 is 7.12 Å². The zero-order chi connectivity index (χ0) is 22.4. The Kier molecular flexibility index (Phi) is 4.87. The minimum Gasteiger partial charge on any atom is -0.423 e. The summed E-state index contributed by atoms with van der Waals surface area (Å²) in [5.41, 5.74) is 6.79. The summed E-state index contributed by atoms with van der Waals surface area (Å²) in [6.07, 6.45) is 14.3. The van der Waals surface area contributed by atoms with Gasteiger partial charge in [0, 0.05) is 5.92 Å². The molecule has 0 aromatic heterocycles. The maximum atomic E-state index is 9.53. The third kappa shape index (κ3) is 3.38. The molecule has 0 saturated heterocycles. The maximum absolute atomic E-state index is 9.53. The van der Waals surface area contributed by atoms with Gasteiger partial charge in [-0.3, -0.25) is 0 Å². The zero-order valence-corrected chi connectivity index (χ0v) is 18.1. The quantitative estimate of drug-likeness (QED) is 0.321. The molecule has 0 fully saturated rings. The summed E-state index contributed by atoms with van der Waals surface area (Å²) in [6, 6.07) is 24.8. The average Bonchev–Trinajstić information content (AvgIpc) is 2.87. The first-order valence-electron chi connectivity index (χ1n) is 11.4. The van der Waals surface area contributed by atoms with Crippen molar-refractivity contribution in [2.75, 3.05) is 0 Å². The number of hydrogen-bond acceptors (Lipinski definition) is 2. The first-order valence-corrected chi connectivity index (χ1v) is 11.4. The highest BCUT2D eigenvalue weighted by molar-refractivity contribution is 6.58. The van der Waals surface area contributed by atoms with Crippen molar-refractivity contribution >= 4 is 39.7 Å². The molecule has 2 N–H and O–H groups in total. The van der Waals surface area contributed by atoms with E-state index in [9.17, 15) is 10.0 Å². The van der Waals surface area contributed by atoms with Gasteiger partial charge in [-0.1, -0.05) is 109 Å². The van der Waals surface area contributed by atoms with Crippen molar-refractivity contribution in [3.8, 4) is 11.1 Å². The Balaban J connectivity index is 1.64. The lowest BCUT2D eigenvalue weighted by atomic mass is 9.77. The Hall–Kier alpha value is -3.66. The van der Waals surface area contributed by atoms with Crippen LogP contribution in [0, 0.1) is 5.92 Å². The minimum atomic E-state index is -1.46. The molecule has 0 heterocycles. The largest absolute Gasteiger partial charge is 0.488 e. The molecule has 2 nitrogen and oxygen atoms in total. The standard InChI is InChI=1S/C30H23BO2/c32-31(33)24-17-15-21(16-18-24)29-25-9-3-5-11-27(25)30(28-12-6-4-10-26(28)29)23-14-13-20-7-1-2-8-22(20)19-23/h1-18,22,32-33H,19H2. The summed E-state index contributed by atoms with van der Waals surface area (Å²) < 4.78 is 0. The van der Waals surface area contributed by atoms with Crippen LogP contribution < -0.4 is 5.46 Å². The zero-order valence-electron chi connectivity index (χ0n) is 18.1. The van der Waals surface area contributed by atoms with Crippen LogP contribution in [0.3, 0.4) is 0 Å². The molecule has 0 bridgehead atoms. The van der Waals surface area contributed by atoms with Crippen molar-refractivity contribution in [3.63, 3.8) is 0 Å². The highest BCUT2D eigenvalue weighted by atomic mass is 16.4. The summed E-state index contributed by atoms with van der Waals surface area (Å²) in [5, 5.41) is 24.0. The van der Waals surface area contributed by atoms with Crippen LogP contribution >= 0.6 is 0 Å². The molecular weight excluding hydrogens is 403 g/mol. The SMILES string of the molecule is OB(O)c1ccc(-c2c3ccccc3c(C3=CC=C4C=CC=CC4C3)c3ccccc23)cc1. The Labute approximate surface area is 193 Å². The topological polar surface area (TPSA) is 40.5 Å². The lowest BCUT2D eigenvalue weighted by Crippen LogP contribution is -2.29. The highest BCUT2D eigenvalue weighted by Crippen LogP contribution is 2.44. The van der Waals surface area contributed by atoms with E-state index in [2.05, 4.69) is 85.0 Å². The third-order valence-corrected chi connectivity index (χ3v) is 6.84. The summed E-state index contributed by atoms with van der Waals surface area (Å²) >= 11 is 0. The van der Waals surface area contributed by atoms with Crippen molar-refractivity contribution in [1.29, 1.82) is 0 Å². The second-order valence-electron chi connectivity index (χ2n) is 8.75. The molecule has 0 aliphatic heterocycles. The van der Waals surface area contributed by atoms with Crippen molar-refractivity contribution < 1.29 is 10.0 Å². The molecule has 4 aromatic rings. The van der Waals surface area contributed by atoms with Gasteiger partial charge in [0.05, 0.1) is 0 Å². The van der Waals surface area contributed by atoms with E-state index in [0.717, 1.165) is 12.0 Å². The second-order valence-corrected chi connectivity index (χ2v) is 8.75. The van der Waals surface area contributed by atoms with E-state index in [0.29, 0.717) is 11.4 Å². The average molecular weight is 426 g/mol. The third-order valence-electron chi connectivity index (χ3n) is 6.84. The van der Waals surface area contributed by atoms with Gasteiger partial charge in [0.2, 0.25) is 0 Å². The molecule has 0 spiro atoms. The van der Waals surface area contributed by atoms with Crippen LogP contribution in [-0.4, -0.2) is 17.2 Å². The monoisotopic (exact) mass is 426 g/mol. The summed E-state index contributed by atoms with van der Waals surface area (Å²) in [4.78, 5) is 0. The number of rotatable bonds is 3. The van der Waals surface area contributed by atoms with Crippen LogP contribution in [0.2, 0.25) is 0 Å². The van der Waals surface area contributed by atoms with Crippen LogP contribution in [0.25, 0.3) is 38.2 Å². The molecule has 0 amide bonds. The lowest BCUT2D eigenvalue weighted by molar-refractivity contribution is 0.426. The fourth-order valence-electron chi connectivity index (χ4n) is 5.26. The molecule has 6 rings (SSSR count). The second kappa shape index (κ2) is 8.04. The Morgan fingerprint density at radius 3 is 1.88 bits per heavy atom. The Morgan fingerprint density at radius 1 is 0.667 bits per heavy atom. The smallest absolute Gasteiger partial charge is 0.423 e. The van der Waals surface area contributed by atoms with E-state index < -0.39 is 7.12 Å². The Bertz CT molecular complexity index is 1450. The van der Waals surface area contributed by atoms with Gasteiger partial charge in [0.25, 0.3) is 0 Å². The minimum absolute atomic E-state index is 0.421. The van der Waals surface area contributed by atoms with Gasteiger partial charge in [-0.15, -0.1) is 0 Å². The molecule has 1 atom stereocenters. The van der Waals surface area contributed by atoms with Crippen LogP contribution in [-0.2, 0) is 0 Å². The fourth-order valence-corrected chi connectivity index (χ4v) is 5.26. The number of allylic oxidation sites excluding steroid dienone is 8. The molecule has 33 heavy (non-hydrogen) atoms. The summed E-state index contributed by atoms with van der Waals surface area (Å²) in [5.74, 6) is 0.421. The molecule has 4 aromatic carbocycles. The number of hydrogen-bond donors (Lipinski definition) is 2. The predicted molar refractivity (Wildman–Crippen MR) is 139 cm³/mol. The first kappa shape index (κ1) is 20.0. The van der Waals surface area contributed by atoms with Gasteiger partial charge < -0.3 is 10.0 Å². The first-order chi connectivity index (χ1) is 16.2. The molecular formula is C30H23BO2. The Morgan fingerprint density at radius 2 is 1.27 bits per heavy atom. The molecule has 1 unspecified atom stereocenters. The fraction of sp³-hybridized carbons (Fsp3) is 0.0667. The van der Waals surface area contributed by atoms with Gasteiger partial charge in [0.1, 0.15) is 0 Å². The van der Waals surface area contributed by atoms with Crippen LogP contribution in [0.15, 0.2) is 115 Å². The van der Waals surface area contributed by atoms with Crippen LogP contribution in [0.4, 0.5) is 0 Å². The number of benzene rings is 4. The number of fused-ring (bicyclic) bond motifs is 3. The van der Waals surface area contributed by atoms with E-state index in [1.165, 1.54) is 43.8 Å². The van der Waals surface area contributed by atoms with E-state index in [-0.39, 0.29) is 0 Å². The highest BCUT2D eigenvalue weighted by Gasteiger charge is 2.22. The molecule has 2 aliphatic carbocycles. The van der Waals surface area contributed by atoms with Crippen molar-refractivity contribution in [1.82, 2.24) is 0 Å². The lowest BCUT2D eigenvalue weighted by Gasteiger charge is -2.25. The van der Waals surface area contributed by atoms with Crippen LogP contribution in [0.1, 0.15) is 12.0 Å². The van der Waals surface area contributed by atoms with Gasteiger partial charge in [-0.2, -0.15) is 0 Å². The normalized spacial score (nSPS) is 17.1. The molecule has 2 aliphatic rings. The molecule has 0 saturated carbocycles. The van der Waals surface area contributed by atoms with Crippen molar-refractivity contribution in [2.45, 2.75) is 6.42 Å². The summed E-state index contributed by atoms with van der Waals surface area (Å²) in [7, 11) is -1.46. The van der Waals surface area contributed by atoms with E-state index >= 15 is 0 Å². The maximum Gasteiger partial charge on any atom is 0.488 e. The van der Waals surface area contributed by atoms with Gasteiger partial charge in [-0.25, -0.2) is 0 Å². The summed E-state index contributed by atoms with van der Waals surface area (Å²) in [6.45, 7) is 0. The van der Waals surface area contributed by atoms with Crippen LogP contribution in [0.5, 0.6) is 0 Å².